The van der Waals surface area contributed by atoms with E-state index in [1.54, 1.807) is 13.0 Å². The first-order valence-corrected chi connectivity index (χ1v) is 5.97. The summed E-state index contributed by atoms with van der Waals surface area (Å²) in [7, 11) is 0. The number of amides is 1. The van der Waals surface area contributed by atoms with Crippen molar-refractivity contribution < 1.29 is 14.3 Å². The van der Waals surface area contributed by atoms with E-state index < -0.39 is 5.82 Å². The first-order valence-electron chi connectivity index (χ1n) is 5.97. The fourth-order valence-electron chi connectivity index (χ4n) is 1.49. The second-order valence-electron chi connectivity index (χ2n) is 4.20. The first-order chi connectivity index (χ1) is 8.56. The van der Waals surface area contributed by atoms with Crippen molar-refractivity contribution in [3.8, 4) is 0 Å². The van der Waals surface area contributed by atoms with Crippen LogP contribution in [-0.2, 0) is 4.79 Å². The minimum atomic E-state index is -0.447. The van der Waals surface area contributed by atoms with Crippen molar-refractivity contribution in [1.82, 2.24) is 5.32 Å². The van der Waals surface area contributed by atoms with Crippen LogP contribution in [0.4, 0.5) is 10.1 Å². The van der Waals surface area contributed by atoms with Crippen LogP contribution in [0.1, 0.15) is 18.9 Å². The van der Waals surface area contributed by atoms with E-state index in [0.717, 1.165) is 12.0 Å². The Bertz CT molecular complexity index is 406. The summed E-state index contributed by atoms with van der Waals surface area (Å²) < 4.78 is 13.5. The first kappa shape index (κ1) is 14.6. The van der Waals surface area contributed by atoms with Crippen molar-refractivity contribution in [3.05, 3.63) is 29.6 Å². The number of aliphatic hydroxyl groups is 1. The molecule has 1 aromatic rings. The van der Waals surface area contributed by atoms with E-state index in [0.29, 0.717) is 0 Å². The third-order valence-corrected chi connectivity index (χ3v) is 2.66. The van der Waals surface area contributed by atoms with Gasteiger partial charge < -0.3 is 15.7 Å². The molecule has 0 saturated heterocycles. The molecule has 1 unspecified atom stereocenters. The van der Waals surface area contributed by atoms with E-state index in [1.807, 2.05) is 6.92 Å². The Balaban J connectivity index is 2.49. The zero-order valence-electron chi connectivity index (χ0n) is 10.7. The molecule has 1 amide bonds. The van der Waals surface area contributed by atoms with Gasteiger partial charge in [0.1, 0.15) is 5.82 Å². The highest BCUT2D eigenvalue weighted by Gasteiger charge is 2.09. The van der Waals surface area contributed by atoms with Crippen LogP contribution in [0.2, 0.25) is 0 Å². The summed E-state index contributed by atoms with van der Waals surface area (Å²) in [5.74, 6) is -0.776. The lowest BCUT2D eigenvalue weighted by atomic mass is 10.2. The molecule has 1 atom stereocenters. The van der Waals surface area contributed by atoms with Gasteiger partial charge in [-0.1, -0.05) is 13.0 Å². The van der Waals surface area contributed by atoms with Gasteiger partial charge in [0.2, 0.25) is 5.91 Å². The number of benzene rings is 1. The molecule has 4 nitrogen and oxygen atoms in total. The Morgan fingerprint density at radius 3 is 2.78 bits per heavy atom. The van der Waals surface area contributed by atoms with Gasteiger partial charge in [-0.15, -0.1) is 0 Å². The summed E-state index contributed by atoms with van der Waals surface area (Å²) in [5, 5.41) is 14.3. The van der Waals surface area contributed by atoms with Crippen LogP contribution in [0.25, 0.3) is 0 Å². The predicted octanol–water partition coefficient (Wildman–Crippen LogP) is 1.43. The predicted molar refractivity (Wildman–Crippen MR) is 68.9 cm³/mol. The Morgan fingerprint density at radius 2 is 2.22 bits per heavy atom. The molecule has 100 valence electrons. The molecule has 0 radical (unpaired) electrons. The van der Waals surface area contributed by atoms with Gasteiger partial charge in [-0.25, -0.2) is 4.39 Å². The average Bonchev–Trinajstić information content (AvgIpc) is 2.34. The fraction of sp³-hybridized carbons (Fsp3) is 0.462. The molecule has 0 aliphatic heterocycles. The average molecular weight is 254 g/mol. The summed E-state index contributed by atoms with van der Waals surface area (Å²) in [6.45, 7) is 3.71. The van der Waals surface area contributed by atoms with E-state index >= 15 is 0 Å². The number of carbonyl (C=O) groups is 1. The van der Waals surface area contributed by atoms with E-state index in [-0.39, 0.29) is 30.8 Å². The number of aryl methyl sites for hydroxylation is 1. The number of carbonyl (C=O) groups excluding carboxylic acids is 1. The summed E-state index contributed by atoms with van der Waals surface area (Å²) >= 11 is 0. The molecular weight excluding hydrogens is 235 g/mol. The lowest BCUT2D eigenvalue weighted by molar-refractivity contribution is -0.115. The molecule has 1 aromatic carbocycles. The summed E-state index contributed by atoms with van der Waals surface area (Å²) in [4.78, 5) is 11.6. The van der Waals surface area contributed by atoms with E-state index in [1.165, 1.54) is 12.1 Å². The zero-order valence-corrected chi connectivity index (χ0v) is 10.7. The van der Waals surface area contributed by atoms with Gasteiger partial charge in [0, 0.05) is 6.04 Å². The molecule has 0 aromatic heterocycles. The van der Waals surface area contributed by atoms with Crippen LogP contribution in [0, 0.1) is 12.7 Å². The largest absolute Gasteiger partial charge is 0.395 e. The smallest absolute Gasteiger partial charge is 0.238 e. The zero-order chi connectivity index (χ0) is 13.5. The van der Waals surface area contributed by atoms with Gasteiger partial charge in [0.15, 0.2) is 0 Å². The van der Waals surface area contributed by atoms with Gasteiger partial charge >= 0.3 is 0 Å². The quantitative estimate of drug-likeness (QED) is 0.719. The normalized spacial score (nSPS) is 12.2. The molecular formula is C13H19FN2O2. The van der Waals surface area contributed by atoms with Crippen LogP contribution < -0.4 is 10.6 Å². The molecule has 1 rings (SSSR count). The Labute approximate surface area is 106 Å². The van der Waals surface area contributed by atoms with Crippen molar-refractivity contribution in [2.45, 2.75) is 26.3 Å². The molecule has 18 heavy (non-hydrogen) atoms. The highest BCUT2D eigenvalue weighted by atomic mass is 19.1. The number of nitrogens with one attached hydrogen (secondary N) is 2. The van der Waals surface area contributed by atoms with Crippen LogP contribution in [0.15, 0.2) is 18.2 Å². The minimum absolute atomic E-state index is 0.0251. The maximum atomic E-state index is 13.5. The number of hydrogen-bond donors (Lipinski definition) is 3. The molecule has 5 heteroatoms. The number of hydrogen-bond acceptors (Lipinski definition) is 3. The maximum absolute atomic E-state index is 13.5. The molecule has 0 heterocycles. The number of rotatable bonds is 6. The van der Waals surface area contributed by atoms with Gasteiger partial charge in [0.05, 0.1) is 18.8 Å². The van der Waals surface area contributed by atoms with E-state index in [2.05, 4.69) is 10.6 Å². The van der Waals surface area contributed by atoms with Crippen LogP contribution in [-0.4, -0.2) is 30.2 Å². The molecule has 0 saturated carbocycles. The van der Waals surface area contributed by atoms with Crippen LogP contribution >= 0.6 is 0 Å². The summed E-state index contributed by atoms with van der Waals surface area (Å²) in [6, 6.07) is 4.52. The monoisotopic (exact) mass is 254 g/mol. The van der Waals surface area contributed by atoms with Gasteiger partial charge in [-0.3, -0.25) is 4.79 Å². The number of aliphatic hydroxyl groups excluding tert-OH is 1. The Hall–Kier alpha value is -1.46. The standard InChI is InChI=1S/C13H19FN2O2/c1-3-10(8-17)15-7-13(18)16-12-5-4-9(2)6-11(12)14/h4-6,10,15,17H,3,7-8H2,1-2H3,(H,16,18). The molecule has 0 spiro atoms. The van der Waals surface area contributed by atoms with Crippen molar-refractivity contribution in [1.29, 1.82) is 0 Å². The minimum Gasteiger partial charge on any atom is -0.395 e. The Kier molecular flexibility index (Phi) is 5.74. The van der Waals surface area contributed by atoms with Crippen LogP contribution in [0.5, 0.6) is 0 Å². The lowest BCUT2D eigenvalue weighted by Crippen LogP contribution is -2.38. The summed E-state index contributed by atoms with van der Waals surface area (Å²) in [5.41, 5.74) is 0.972. The molecule has 0 aliphatic carbocycles. The maximum Gasteiger partial charge on any atom is 0.238 e. The highest BCUT2D eigenvalue weighted by Crippen LogP contribution is 2.14. The lowest BCUT2D eigenvalue weighted by Gasteiger charge is -2.13. The number of anilines is 1. The van der Waals surface area contributed by atoms with E-state index in [4.69, 9.17) is 5.11 Å². The van der Waals surface area contributed by atoms with Gasteiger partial charge in [-0.05, 0) is 31.0 Å². The second-order valence-corrected chi connectivity index (χ2v) is 4.20. The van der Waals surface area contributed by atoms with Crippen molar-refractivity contribution >= 4 is 11.6 Å². The molecule has 0 bridgehead atoms. The SMILES string of the molecule is CCC(CO)NCC(=O)Nc1ccc(C)cc1F. The summed E-state index contributed by atoms with van der Waals surface area (Å²) in [6.07, 6.45) is 0.725. The van der Waals surface area contributed by atoms with E-state index in [9.17, 15) is 9.18 Å². The van der Waals surface area contributed by atoms with Crippen molar-refractivity contribution in [3.63, 3.8) is 0 Å². The van der Waals surface area contributed by atoms with Crippen molar-refractivity contribution in [2.75, 3.05) is 18.5 Å². The molecule has 0 fully saturated rings. The van der Waals surface area contributed by atoms with Gasteiger partial charge in [0.25, 0.3) is 0 Å². The number of halogens is 1. The van der Waals surface area contributed by atoms with Gasteiger partial charge in [-0.2, -0.15) is 0 Å². The topological polar surface area (TPSA) is 61.4 Å². The van der Waals surface area contributed by atoms with Crippen LogP contribution in [0.3, 0.4) is 0 Å². The Morgan fingerprint density at radius 1 is 1.50 bits per heavy atom. The second kappa shape index (κ2) is 7.08. The van der Waals surface area contributed by atoms with Crippen molar-refractivity contribution in [2.24, 2.45) is 0 Å². The third-order valence-electron chi connectivity index (χ3n) is 2.66. The fourth-order valence-corrected chi connectivity index (χ4v) is 1.49. The molecule has 0 aliphatic rings. The molecule has 3 N–H and O–H groups in total. The highest BCUT2D eigenvalue weighted by molar-refractivity contribution is 5.92. The third kappa shape index (κ3) is 4.43.